The molecular formula is C14H16N4. The van der Waals surface area contributed by atoms with Gasteiger partial charge in [0.25, 0.3) is 0 Å². The highest BCUT2D eigenvalue weighted by atomic mass is 15.0. The molecule has 4 nitrogen and oxygen atoms in total. The summed E-state index contributed by atoms with van der Waals surface area (Å²) in [6.07, 6.45) is 3.65. The maximum atomic E-state index is 8.75. The standard InChI is InChI=1S/C14H16N4/c1-11(13-5-3-12(7-15)4-6-13)17-9-14-8-16-10-18(14)2/h3-6,8,10-11,17H,9H2,1-2H3. The van der Waals surface area contributed by atoms with Crippen LogP contribution in [-0.4, -0.2) is 9.55 Å². The molecule has 1 atom stereocenters. The Morgan fingerprint density at radius 2 is 2.11 bits per heavy atom. The zero-order valence-corrected chi connectivity index (χ0v) is 10.6. The lowest BCUT2D eigenvalue weighted by Crippen LogP contribution is -2.19. The normalized spacial score (nSPS) is 12.1. The zero-order chi connectivity index (χ0) is 13.0. The first-order valence-corrected chi connectivity index (χ1v) is 5.89. The highest BCUT2D eigenvalue weighted by molar-refractivity contribution is 5.32. The second-order valence-corrected chi connectivity index (χ2v) is 4.33. The molecule has 0 saturated carbocycles. The Bertz CT molecular complexity index is 548. The van der Waals surface area contributed by atoms with Gasteiger partial charge in [0, 0.05) is 25.8 Å². The number of aryl methyl sites for hydroxylation is 1. The van der Waals surface area contributed by atoms with Gasteiger partial charge in [0.1, 0.15) is 0 Å². The highest BCUT2D eigenvalue weighted by Crippen LogP contribution is 2.13. The average molecular weight is 240 g/mol. The van der Waals surface area contributed by atoms with E-state index >= 15 is 0 Å². The summed E-state index contributed by atoms with van der Waals surface area (Å²) >= 11 is 0. The molecule has 0 aliphatic carbocycles. The minimum absolute atomic E-state index is 0.243. The highest BCUT2D eigenvalue weighted by Gasteiger charge is 2.06. The van der Waals surface area contributed by atoms with Gasteiger partial charge in [0.15, 0.2) is 0 Å². The molecule has 1 heterocycles. The molecule has 0 aliphatic rings. The van der Waals surface area contributed by atoms with E-state index in [9.17, 15) is 0 Å². The summed E-state index contributed by atoms with van der Waals surface area (Å²) in [4.78, 5) is 4.08. The van der Waals surface area contributed by atoms with Crippen molar-refractivity contribution in [1.82, 2.24) is 14.9 Å². The van der Waals surface area contributed by atoms with Gasteiger partial charge in [-0.15, -0.1) is 0 Å². The summed E-state index contributed by atoms with van der Waals surface area (Å²) in [5.41, 5.74) is 3.02. The van der Waals surface area contributed by atoms with Crippen LogP contribution in [0.2, 0.25) is 0 Å². The van der Waals surface area contributed by atoms with Crippen molar-refractivity contribution in [2.75, 3.05) is 0 Å². The molecule has 0 fully saturated rings. The summed E-state index contributed by atoms with van der Waals surface area (Å²) in [5.74, 6) is 0. The van der Waals surface area contributed by atoms with Crippen LogP contribution in [0.5, 0.6) is 0 Å². The first-order chi connectivity index (χ1) is 8.70. The van der Waals surface area contributed by atoms with E-state index in [1.807, 2.05) is 42.1 Å². The number of rotatable bonds is 4. The third-order valence-electron chi connectivity index (χ3n) is 3.05. The van der Waals surface area contributed by atoms with Gasteiger partial charge in [-0.05, 0) is 24.6 Å². The molecule has 4 heteroatoms. The molecule has 0 bridgehead atoms. The van der Waals surface area contributed by atoms with Crippen molar-refractivity contribution in [3.05, 3.63) is 53.6 Å². The zero-order valence-electron chi connectivity index (χ0n) is 10.6. The molecule has 1 aromatic carbocycles. The predicted octanol–water partition coefficient (Wildman–Crippen LogP) is 2.14. The van der Waals surface area contributed by atoms with Gasteiger partial charge in [0.05, 0.1) is 23.7 Å². The first-order valence-electron chi connectivity index (χ1n) is 5.89. The SMILES string of the molecule is CC(NCc1cncn1C)c1ccc(C#N)cc1. The van der Waals surface area contributed by atoms with E-state index in [2.05, 4.69) is 23.3 Å². The number of nitrogens with zero attached hydrogens (tertiary/aromatic N) is 3. The quantitative estimate of drug-likeness (QED) is 0.890. The summed E-state index contributed by atoms with van der Waals surface area (Å²) in [7, 11) is 1.98. The summed E-state index contributed by atoms with van der Waals surface area (Å²) in [6, 6.07) is 10.0. The van der Waals surface area contributed by atoms with Crippen molar-refractivity contribution in [3.63, 3.8) is 0 Å². The molecular weight excluding hydrogens is 224 g/mol. The molecule has 1 unspecified atom stereocenters. The monoisotopic (exact) mass is 240 g/mol. The van der Waals surface area contributed by atoms with Crippen LogP contribution in [0.1, 0.15) is 29.8 Å². The lowest BCUT2D eigenvalue weighted by atomic mass is 10.1. The molecule has 92 valence electrons. The van der Waals surface area contributed by atoms with Crippen LogP contribution in [-0.2, 0) is 13.6 Å². The number of nitriles is 1. The van der Waals surface area contributed by atoms with Crippen LogP contribution in [0.4, 0.5) is 0 Å². The maximum absolute atomic E-state index is 8.75. The average Bonchev–Trinajstić information content (AvgIpc) is 2.81. The van der Waals surface area contributed by atoms with Gasteiger partial charge in [-0.1, -0.05) is 12.1 Å². The molecule has 0 saturated heterocycles. The predicted molar refractivity (Wildman–Crippen MR) is 69.6 cm³/mol. The van der Waals surface area contributed by atoms with Crippen molar-refractivity contribution in [1.29, 1.82) is 5.26 Å². The van der Waals surface area contributed by atoms with Crippen molar-refractivity contribution >= 4 is 0 Å². The second kappa shape index (κ2) is 5.48. The van der Waals surface area contributed by atoms with Crippen LogP contribution in [0.25, 0.3) is 0 Å². The Morgan fingerprint density at radius 3 is 2.67 bits per heavy atom. The number of nitrogens with one attached hydrogen (secondary N) is 1. The summed E-state index contributed by atoms with van der Waals surface area (Å²) in [6.45, 7) is 2.88. The van der Waals surface area contributed by atoms with Gasteiger partial charge in [0.2, 0.25) is 0 Å². The molecule has 0 spiro atoms. The van der Waals surface area contributed by atoms with E-state index in [1.54, 1.807) is 6.33 Å². The van der Waals surface area contributed by atoms with E-state index in [-0.39, 0.29) is 6.04 Å². The smallest absolute Gasteiger partial charge is 0.0991 e. The van der Waals surface area contributed by atoms with Crippen LogP contribution >= 0.6 is 0 Å². The van der Waals surface area contributed by atoms with Gasteiger partial charge in [-0.3, -0.25) is 0 Å². The van der Waals surface area contributed by atoms with E-state index in [0.29, 0.717) is 5.56 Å². The van der Waals surface area contributed by atoms with Crippen molar-refractivity contribution in [2.45, 2.75) is 19.5 Å². The van der Waals surface area contributed by atoms with Crippen LogP contribution in [0.3, 0.4) is 0 Å². The van der Waals surface area contributed by atoms with Crippen molar-refractivity contribution in [3.8, 4) is 6.07 Å². The van der Waals surface area contributed by atoms with Gasteiger partial charge < -0.3 is 9.88 Å². The van der Waals surface area contributed by atoms with Gasteiger partial charge in [-0.25, -0.2) is 4.98 Å². The third kappa shape index (κ3) is 2.76. The molecule has 18 heavy (non-hydrogen) atoms. The number of hydrogen-bond donors (Lipinski definition) is 1. The topological polar surface area (TPSA) is 53.6 Å². The van der Waals surface area contributed by atoms with Crippen LogP contribution in [0, 0.1) is 11.3 Å². The molecule has 0 radical (unpaired) electrons. The minimum atomic E-state index is 0.243. The van der Waals surface area contributed by atoms with Crippen molar-refractivity contribution in [2.24, 2.45) is 7.05 Å². The Morgan fingerprint density at radius 1 is 1.39 bits per heavy atom. The van der Waals surface area contributed by atoms with E-state index in [0.717, 1.165) is 12.2 Å². The van der Waals surface area contributed by atoms with Crippen LogP contribution in [0.15, 0.2) is 36.8 Å². The lowest BCUT2D eigenvalue weighted by Gasteiger charge is -2.14. The van der Waals surface area contributed by atoms with E-state index in [4.69, 9.17) is 5.26 Å². The van der Waals surface area contributed by atoms with E-state index < -0.39 is 0 Å². The fourth-order valence-electron chi connectivity index (χ4n) is 1.78. The Kier molecular flexibility index (Phi) is 3.75. The minimum Gasteiger partial charge on any atom is -0.337 e. The summed E-state index contributed by atoms with van der Waals surface area (Å²) < 4.78 is 2.00. The Balaban J connectivity index is 1.97. The first kappa shape index (κ1) is 12.3. The number of aromatic nitrogens is 2. The Hall–Kier alpha value is -2.12. The van der Waals surface area contributed by atoms with E-state index in [1.165, 1.54) is 5.56 Å². The van der Waals surface area contributed by atoms with Crippen molar-refractivity contribution < 1.29 is 0 Å². The van der Waals surface area contributed by atoms with Gasteiger partial charge in [-0.2, -0.15) is 5.26 Å². The molecule has 1 aromatic heterocycles. The largest absolute Gasteiger partial charge is 0.337 e. The number of hydrogen-bond acceptors (Lipinski definition) is 3. The number of imidazole rings is 1. The fraction of sp³-hybridized carbons (Fsp3) is 0.286. The lowest BCUT2D eigenvalue weighted by molar-refractivity contribution is 0.558. The molecule has 2 aromatic rings. The maximum Gasteiger partial charge on any atom is 0.0991 e. The van der Waals surface area contributed by atoms with Gasteiger partial charge >= 0.3 is 0 Å². The Labute approximate surface area is 107 Å². The van der Waals surface area contributed by atoms with Crippen LogP contribution < -0.4 is 5.32 Å². The molecule has 0 aliphatic heterocycles. The second-order valence-electron chi connectivity index (χ2n) is 4.33. The summed E-state index contributed by atoms with van der Waals surface area (Å²) in [5, 5.41) is 12.2. The third-order valence-corrected chi connectivity index (χ3v) is 3.05. The fourth-order valence-corrected chi connectivity index (χ4v) is 1.78. The molecule has 0 amide bonds. The molecule has 2 rings (SSSR count). The molecule has 1 N–H and O–H groups in total. The number of benzene rings is 1.